The van der Waals surface area contributed by atoms with Gasteiger partial charge in [-0.2, -0.15) is 0 Å². The molecule has 1 nitrogen and oxygen atoms in total. The van der Waals surface area contributed by atoms with Gasteiger partial charge in [0, 0.05) is 12.8 Å². The highest BCUT2D eigenvalue weighted by Gasteiger charge is 2.09. The lowest BCUT2D eigenvalue weighted by Gasteiger charge is -2.04. The van der Waals surface area contributed by atoms with Crippen molar-refractivity contribution in [2.75, 3.05) is 0 Å². The van der Waals surface area contributed by atoms with Gasteiger partial charge < -0.3 is 0 Å². The molecule has 0 saturated heterocycles. The van der Waals surface area contributed by atoms with Crippen molar-refractivity contribution in [2.24, 2.45) is 0 Å². The predicted molar refractivity (Wildman–Crippen MR) is 67.0 cm³/mol. The number of hydrogen-bond acceptors (Lipinski definition) is 1. The summed E-state index contributed by atoms with van der Waals surface area (Å²) >= 11 is 3.16. The first-order chi connectivity index (χ1) is 7.65. The van der Waals surface area contributed by atoms with Crippen LogP contribution in [0.15, 0.2) is 22.7 Å². The van der Waals surface area contributed by atoms with Gasteiger partial charge in [0.15, 0.2) is 0 Å². The molecule has 1 aromatic rings. The Labute approximate surface area is 104 Å². The first kappa shape index (κ1) is 13.4. The molecule has 1 rings (SSSR count). The summed E-state index contributed by atoms with van der Waals surface area (Å²) in [6.07, 6.45) is 4.04. The van der Waals surface area contributed by atoms with E-state index in [1.165, 1.54) is 6.07 Å². The van der Waals surface area contributed by atoms with Gasteiger partial charge in [-0.15, -0.1) is 0 Å². The second-order valence-electron chi connectivity index (χ2n) is 3.89. The summed E-state index contributed by atoms with van der Waals surface area (Å²) in [5, 5.41) is 0. The Morgan fingerprint density at radius 3 is 2.81 bits per heavy atom. The standard InChI is InChI=1S/C13H16BrFO/c1-2-3-4-7-11(16)9-10-6-5-8-12(15)13(10)14/h5-6,8H,2-4,7,9H2,1H3. The zero-order valence-electron chi connectivity index (χ0n) is 9.43. The number of hydrogen-bond donors (Lipinski definition) is 0. The minimum Gasteiger partial charge on any atom is -0.299 e. The quantitative estimate of drug-likeness (QED) is 0.714. The van der Waals surface area contributed by atoms with Crippen LogP contribution in [0.2, 0.25) is 0 Å². The van der Waals surface area contributed by atoms with Gasteiger partial charge in [0.2, 0.25) is 0 Å². The summed E-state index contributed by atoms with van der Waals surface area (Å²) in [7, 11) is 0. The molecule has 0 aliphatic carbocycles. The maximum Gasteiger partial charge on any atom is 0.137 e. The number of carbonyl (C=O) groups is 1. The van der Waals surface area contributed by atoms with Gasteiger partial charge in [0.1, 0.15) is 11.6 Å². The van der Waals surface area contributed by atoms with Crippen molar-refractivity contribution in [3.8, 4) is 0 Å². The largest absolute Gasteiger partial charge is 0.299 e. The smallest absolute Gasteiger partial charge is 0.137 e. The molecule has 0 radical (unpaired) electrons. The molecule has 0 amide bonds. The van der Waals surface area contributed by atoms with Crippen molar-refractivity contribution in [3.63, 3.8) is 0 Å². The molecule has 3 heteroatoms. The highest BCUT2D eigenvalue weighted by atomic mass is 79.9. The Kier molecular flexibility index (Phi) is 5.67. The van der Waals surface area contributed by atoms with Crippen molar-refractivity contribution >= 4 is 21.7 Å². The molecule has 88 valence electrons. The third-order valence-electron chi connectivity index (χ3n) is 2.48. The van der Waals surface area contributed by atoms with Crippen molar-refractivity contribution < 1.29 is 9.18 Å². The lowest BCUT2D eigenvalue weighted by molar-refractivity contribution is -0.118. The highest BCUT2D eigenvalue weighted by molar-refractivity contribution is 9.10. The molecule has 0 aliphatic heterocycles. The highest BCUT2D eigenvalue weighted by Crippen LogP contribution is 2.21. The van der Waals surface area contributed by atoms with Crippen LogP contribution < -0.4 is 0 Å². The summed E-state index contributed by atoms with van der Waals surface area (Å²) in [6.45, 7) is 2.10. The molecular formula is C13H16BrFO. The third kappa shape index (κ3) is 4.05. The Hall–Kier alpha value is -0.700. The molecule has 0 atom stereocenters. The van der Waals surface area contributed by atoms with Crippen LogP contribution in [0.4, 0.5) is 4.39 Å². The fraction of sp³-hybridized carbons (Fsp3) is 0.462. The van der Waals surface area contributed by atoms with Crippen LogP contribution >= 0.6 is 15.9 Å². The van der Waals surface area contributed by atoms with E-state index in [1.807, 2.05) is 0 Å². The van der Waals surface area contributed by atoms with Gasteiger partial charge in [-0.25, -0.2) is 4.39 Å². The number of rotatable bonds is 6. The van der Waals surface area contributed by atoms with Crippen LogP contribution in [0.25, 0.3) is 0 Å². The van der Waals surface area contributed by atoms with E-state index in [4.69, 9.17) is 0 Å². The Balaban J connectivity index is 2.53. The SMILES string of the molecule is CCCCCC(=O)Cc1cccc(F)c1Br. The summed E-state index contributed by atoms with van der Waals surface area (Å²) in [6, 6.07) is 4.80. The van der Waals surface area contributed by atoms with E-state index in [0.717, 1.165) is 24.8 Å². The first-order valence-corrected chi connectivity index (χ1v) is 6.39. The molecule has 0 fully saturated rings. The Morgan fingerprint density at radius 1 is 1.38 bits per heavy atom. The van der Waals surface area contributed by atoms with Gasteiger partial charge in [-0.3, -0.25) is 4.79 Å². The summed E-state index contributed by atoms with van der Waals surface area (Å²) < 4.78 is 13.6. The summed E-state index contributed by atoms with van der Waals surface area (Å²) in [4.78, 5) is 11.6. The molecule has 0 bridgehead atoms. The second kappa shape index (κ2) is 6.79. The van der Waals surface area contributed by atoms with Crippen LogP contribution in [0.3, 0.4) is 0 Å². The van der Waals surface area contributed by atoms with Gasteiger partial charge in [0.25, 0.3) is 0 Å². The fourth-order valence-electron chi connectivity index (χ4n) is 1.56. The topological polar surface area (TPSA) is 17.1 Å². The van der Waals surface area contributed by atoms with Crippen molar-refractivity contribution in [2.45, 2.75) is 39.0 Å². The number of unbranched alkanes of at least 4 members (excludes halogenated alkanes) is 2. The first-order valence-electron chi connectivity index (χ1n) is 5.59. The monoisotopic (exact) mass is 286 g/mol. The summed E-state index contributed by atoms with van der Waals surface area (Å²) in [5.74, 6) is -0.126. The number of halogens is 2. The lowest BCUT2D eigenvalue weighted by Crippen LogP contribution is -2.03. The van der Waals surface area contributed by atoms with E-state index in [9.17, 15) is 9.18 Å². The van der Waals surface area contributed by atoms with Crippen molar-refractivity contribution in [1.29, 1.82) is 0 Å². The molecule has 0 heterocycles. The fourth-order valence-corrected chi connectivity index (χ4v) is 1.96. The van der Waals surface area contributed by atoms with Crippen LogP contribution in [0.5, 0.6) is 0 Å². The van der Waals surface area contributed by atoms with Gasteiger partial charge >= 0.3 is 0 Å². The number of ketones is 1. The van der Waals surface area contributed by atoms with Crippen molar-refractivity contribution in [1.82, 2.24) is 0 Å². The Morgan fingerprint density at radius 2 is 2.12 bits per heavy atom. The molecule has 0 N–H and O–H groups in total. The average Bonchev–Trinajstić information content (AvgIpc) is 2.25. The van der Waals surface area contributed by atoms with E-state index in [2.05, 4.69) is 22.9 Å². The van der Waals surface area contributed by atoms with Crippen LogP contribution in [0, 0.1) is 5.82 Å². The summed E-state index contributed by atoms with van der Waals surface area (Å²) in [5.41, 5.74) is 0.737. The predicted octanol–water partition coefficient (Wildman–Crippen LogP) is 4.28. The number of benzene rings is 1. The molecule has 0 saturated carbocycles. The zero-order chi connectivity index (χ0) is 12.0. The van der Waals surface area contributed by atoms with Crippen molar-refractivity contribution in [3.05, 3.63) is 34.1 Å². The van der Waals surface area contributed by atoms with Gasteiger partial charge in [0.05, 0.1) is 4.47 Å². The molecular weight excluding hydrogens is 271 g/mol. The molecule has 0 unspecified atom stereocenters. The Bertz CT molecular complexity index is 363. The van der Waals surface area contributed by atoms with E-state index in [1.54, 1.807) is 12.1 Å². The maximum absolute atomic E-state index is 13.2. The van der Waals surface area contributed by atoms with E-state index < -0.39 is 0 Å². The molecule has 0 aliphatic rings. The molecule has 0 spiro atoms. The lowest BCUT2D eigenvalue weighted by atomic mass is 10.0. The molecule has 16 heavy (non-hydrogen) atoms. The van der Waals surface area contributed by atoms with E-state index in [0.29, 0.717) is 17.3 Å². The molecule has 1 aromatic carbocycles. The normalized spacial score (nSPS) is 10.4. The molecule has 0 aromatic heterocycles. The van der Waals surface area contributed by atoms with Gasteiger partial charge in [-0.1, -0.05) is 31.9 Å². The minimum atomic E-state index is -0.307. The average molecular weight is 287 g/mol. The van der Waals surface area contributed by atoms with Crippen LogP contribution in [0.1, 0.15) is 38.2 Å². The zero-order valence-corrected chi connectivity index (χ0v) is 11.0. The van der Waals surface area contributed by atoms with E-state index >= 15 is 0 Å². The number of carbonyl (C=O) groups excluding carboxylic acids is 1. The maximum atomic E-state index is 13.2. The number of Topliss-reactive ketones (excluding diaryl/α,β-unsaturated/α-hetero) is 1. The minimum absolute atomic E-state index is 0.180. The van der Waals surface area contributed by atoms with E-state index in [-0.39, 0.29) is 11.6 Å². The second-order valence-corrected chi connectivity index (χ2v) is 4.68. The van der Waals surface area contributed by atoms with Crippen LogP contribution in [-0.2, 0) is 11.2 Å². The van der Waals surface area contributed by atoms with Crippen LogP contribution in [-0.4, -0.2) is 5.78 Å². The van der Waals surface area contributed by atoms with Gasteiger partial charge in [-0.05, 0) is 34.0 Å². The third-order valence-corrected chi connectivity index (χ3v) is 3.37.